The Morgan fingerprint density at radius 3 is 2.61 bits per heavy atom. The fourth-order valence-electron chi connectivity index (χ4n) is 1.18. The number of halogens is 2. The van der Waals surface area contributed by atoms with Gasteiger partial charge in [-0.25, -0.2) is 4.39 Å². The first-order chi connectivity index (χ1) is 8.56. The topological polar surface area (TPSA) is 46.2 Å². The minimum atomic E-state index is -0.442. The largest absolute Gasteiger partial charge is 0.295 e. The number of benzene rings is 1. The highest BCUT2D eigenvalue weighted by Gasteiger charge is 2.25. The Labute approximate surface area is 117 Å². The van der Waals surface area contributed by atoms with Crippen LogP contribution in [0.15, 0.2) is 40.2 Å². The molecule has 1 saturated heterocycles. The SMILES string of the molecule is C=C1SCNC1C(=O)C=O.Fc1ccccc1Br. The minimum Gasteiger partial charge on any atom is -0.295 e. The number of nitrogens with one attached hydrogen (secondary N) is 1. The lowest BCUT2D eigenvalue weighted by atomic mass is 10.2. The van der Waals surface area contributed by atoms with Gasteiger partial charge in [-0.2, -0.15) is 0 Å². The highest BCUT2D eigenvalue weighted by Crippen LogP contribution is 2.22. The Bertz CT molecular complexity index is 446. The van der Waals surface area contributed by atoms with Crippen molar-refractivity contribution in [3.8, 4) is 0 Å². The van der Waals surface area contributed by atoms with E-state index in [4.69, 9.17) is 0 Å². The zero-order chi connectivity index (χ0) is 13.5. The van der Waals surface area contributed by atoms with E-state index in [2.05, 4.69) is 27.8 Å². The summed E-state index contributed by atoms with van der Waals surface area (Å²) in [6, 6.07) is 6.05. The summed E-state index contributed by atoms with van der Waals surface area (Å²) in [7, 11) is 0. The van der Waals surface area contributed by atoms with Gasteiger partial charge in [-0.05, 0) is 28.1 Å². The molecule has 1 fully saturated rings. The van der Waals surface area contributed by atoms with Crippen molar-refractivity contribution in [1.82, 2.24) is 5.32 Å². The Morgan fingerprint density at radius 1 is 1.56 bits per heavy atom. The molecule has 0 radical (unpaired) electrons. The maximum atomic E-state index is 12.3. The first kappa shape index (κ1) is 15.1. The number of hydrogen-bond donors (Lipinski definition) is 1. The summed E-state index contributed by atoms with van der Waals surface area (Å²) >= 11 is 4.48. The fraction of sp³-hybridized carbons (Fsp3) is 0.167. The minimum absolute atomic E-state index is 0.215. The molecule has 1 aliphatic rings. The van der Waals surface area contributed by atoms with E-state index in [0.717, 1.165) is 4.91 Å². The molecule has 0 aliphatic carbocycles. The molecule has 0 saturated carbocycles. The van der Waals surface area contributed by atoms with Gasteiger partial charge in [-0.15, -0.1) is 11.8 Å². The van der Waals surface area contributed by atoms with E-state index in [1.165, 1.54) is 17.8 Å². The van der Waals surface area contributed by atoms with Crippen molar-refractivity contribution < 1.29 is 14.0 Å². The van der Waals surface area contributed by atoms with Crippen molar-refractivity contribution in [2.24, 2.45) is 0 Å². The number of hydrogen-bond acceptors (Lipinski definition) is 4. The molecule has 1 aliphatic heterocycles. The molecule has 2 rings (SSSR count). The molecular formula is C12H11BrFNO2S. The quantitative estimate of drug-likeness (QED) is 0.668. The van der Waals surface area contributed by atoms with Crippen LogP contribution in [0.3, 0.4) is 0 Å². The molecule has 18 heavy (non-hydrogen) atoms. The number of Topliss-reactive ketones (excluding diaryl/α,β-unsaturated/α-hetero) is 1. The van der Waals surface area contributed by atoms with Crippen LogP contribution in [0.25, 0.3) is 0 Å². The lowest BCUT2D eigenvalue weighted by Crippen LogP contribution is -2.32. The molecule has 1 N–H and O–H groups in total. The van der Waals surface area contributed by atoms with E-state index >= 15 is 0 Å². The summed E-state index contributed by atoms with van der Waals surface area (Å²) in [5.41, 5.74) is 0. The maximum Gasteiger partial charge on any atom is 0.217 e. The van der Waals surface area contributed by atoms with Crippen molar-refractivity contribution in [3.63, 3.8) is 0 Å². The predicted molar refractivity (Wildman–Crippen MR) is 73.7 cm³/mol. The summed E-state index contributed by atoms with van der Waals surface area (Å²) in [6.45, 7) is 3.63. The normalized spacial score (nSPS) is 17.9. The Hall–Kier alpha value is -0.980. The lowest BCUT2D eigenvalue weighted by Gasteiger charge is -2.02. The average molecular weight is 332 g/mol. The maximum absolute atomic E-state index is 12.3. The molecule has 0 spiro atoms. The molecular weight excluding hydrogens is 321 g/mol. The van der Waals surface area contributed by atoms with E-state index in [0.29, 0.717) is 16.6 Å². The number of aldehydes is 1. The zero-order valence-corrected chi connectivity index (χ0v) is 11.8. The van der Waals surface area contributed by atoms with E-state index in [1.54, 1.807) is 18.2 Å². The highest BCUT2D eigenvalue weighted by molar-refractivity contribution is 9.10. The second-order valence-electron chi connectivity index (χ2n) is 3.33. The molecule has 3 nitrogen and oxygen atoms in total. The number of ketones is 1. The molecule has 1 heterocycles. The number of carbonyl (C=O) groups is 2. The zero-order valence-electron chi connectivity index (χ0n) is 9.36. The first-order valence-electron chi connectivity index (χ1n) is 5.00. The van der Waals surface area contributed by atoms with Crippen molar-refractivity contribution in [2.45, 2.75) is 6.04 Å². The molecule has 1 aromatic rings. The van der Waals surface area contributed by atoms with Crippen molar-refractivity contribution in [3.05, 3.63) is 46.0 Å². The molecule has 0 aromatic heterocycles. The second-order valence-corrected chi connectivity index (χ2v) is 5.28. The van der Waals surface area contributed by atoms with Gasteiger partial charge in [0.15, 0.2) is 6.29 Å². The van der Waals surface area contributed by atoms with Crippen LogP contribution in [0.1, 0.15) is 0 Å². The van der Waals surface area contributed by atoms with Gasteiger partial charge in [-0.3, -0.25) is 14.9 Å². The van der Waals surface area contributed by atoms with E-state index in [9.17, 15) is 14.0 Å². The summed E-state index contributed by atoms with van der Waals surface area (Å²) in [5, 5.41) is 2.84. The predicted octanol–water partition coefficient (Wildman–Crippen LogP) is 2.52. The third-order valence-corrected chi connectivity index (χ3v) is 3.65. The van der Waals surface area contributed by atoms with Gasteiger partial charge >= 0.3 is 0 Å². The van der Waals surface area contributed by atoms with Crippen LogP contribution in [0.2, 0.25) is 0 Å². The van der Waals surface area contributed by atoms with Gasteiger partial charge in [0, 0.05) is 10.8 Å². The molecule has 1 atom stereocenters. The van der Waals surface area contributed by atoms with Gasteiger partial charge in [0.2, 0.25) is 5.78 Å². The van der Waals surface area contributed by atoms with Crippen LogP contribution >= 0.6 is 27.7 Å². The molecule has 96 valence electrons. The van der Waals surface area contributed by atoms with Gasteiger partial charge in [-0.1, -0.05) is 18.7 Å². The summed E-state index contributed by atoms with van der Waals surface area (Å²) in [4.78, 5) is 21.5. The molecule has 1 unspecified atom stereocenters. The first-order valence-corrected chi connectivity index (χ1v) is 6.78. The van der Waals surface area contributed by atoms with Gasteiger partial charge in [0.05, 0.1) is 4.47 Å². The highest BCUT2D eigenvalue weighted by atomic mass is 79.9. The van der Waals surface area contributed by atoms with Crippen LogP contribution in [0, 0.1) is 5.82 Å². The molecule has 0 amide bonds. The van der Waals surface area contributed by atoms with Gasteiger partial charge in [0.25, 0.3) is 0 Å². The Kier molecular flexibility index (Phi) is 6.24. The second kappa shape index (κ2) is 7.45. The average Bonchev–Trinajstić information content (AvgIpc) is 2.79. The molecule has 0 bridgehead atoms. The van der Waals surface area contributed by atoms with Gasteiger partial charge < -0.3 is 0 Å². The standard InChI is InChI=1S/C6H4BrF.C6H7NO2S/c7-5-3-1-2-4-6(5)8;1-4-6(5(9)2-8)7-3-10-4/h1-4H;2,6-7H,1,3H2. The van der Waals surface area contributed by atoms with Crippen LogP contribution < -0.4 is 5.32 Å². The smallest absolute Gasteiger partial charge is 0.217 e. The van der Waals surface area contributed by atoms with E-state index < -0.39 is 11.8 Å². The summed E-state index contributed by atoms with van der Waals surface area (Å²) in [6.07, 6.45) is 0.328. The van der Waals surface area contributed by atoms with Gasteiger partial charge in [0.1, 0.15) is 11.9 Å². The Balaban J connectivity index is 0.000000184. The number of carbonyl (C=O) groups excluding carboxylic acids is 2. The van der Waals surface area contributed by atoms with Crippen LogP contribution in [-0.2, 0) is 9.59 Å². The lowest BCUT2D eigenvalue weighted by molar-refractivity contribution is -0.130. The summed E-state index contributed by atoms with van der Waals surface area (Å²) in [5.74, 6) is 0.0193. The van der Waals surface area contributed by atoms with Crippen LogP contribution in [0.5, 0.6) is 0 Å². The number of rotatable bonds is 2. The Morgan fingerprint density at radius 2 is 2.22 bits per heavy atom. The molecule has 1 aromatic carbocycles. The van der Waals surface area contributed by atoms with E-state index in [1.807, 2.05) is 0 Å². The fourth-order valence-corrected chi connectivity index (χ4v) is 2.27. The van der Waals surface area contributed by atoms with Crippen LogP contribution in [0.4, 0.5) is 4.39 Å². The third kappa shape index (κ3) is 4.36. The van der Waals surface area contributed by atoms with Crippen molar-refractivity contribution in [2.75, 3.05) is 5.88 Å². The monoisotopic (exact) mass is 331 g/mol. The number of thioether (sulfide) groups is 1. The van der Waals surface area contributed by atoms with Crippen molar-refractivity contribution >= 4 is 39.8 Å². The van der Waals surface area contributed by atoms with Crippen LogP contribution in [-0.4, -0.2) is 24.0 Å². The van der Waals surface area contributed by atoms with Crippen molar-refractivity contribution in [1.29, 1.82) is 0 Å². The summed E-state index contributed by atoms with van der Waals surface area (Å²) < 4.78 is 12.8. The third-order valence-electron chi connectivity index (χ3n) is 2.09. The molecule has 6 heteroatoms. The van der Waals surface area contributed by atoms with E-state index in [-0.39, 0.29) is 5.82 Å².